The Hall–Kier alpha value is -0.720. The number of nitrogens with zero attached hydrogens (tertiary/aromatic N) is 2. The van der Waals surface area contributed by atoms with Gasteiger partial charge in [0.1, 0.15) is 17.3 Å². The van der Waals surface area contributed by atoms with Crippen molar-refractivity contribution in [3.8, 4) is 0 Å². The highest BCUT2D eigenvalue weighted by atomic mass is 35.5. The zero-order valence-corrected chi connectivity index (χ0v) is 16.4. The van der Waals surface area contributed by atoms with E-state index < -0.39 is 0 Å². The average molecular weight is 381 g/mol. The number of aliphatic imine (C=N–C) groups is 1. The Balaban J connectivity index is 1.49. The summed E-state index contributed by atoms with van der Waals surface area (Å²) in [7, 11) is 0. The summed E-state index contributed by atoms with van der Waals surface area (Å²) in [6.07, 6.45) is 5.86. The minimum Gasteiger partial charge on any atom is -0.379 e. The van der Waals surface area contributed by atoms with Crippen LogP contribution in [0.1, 0.15) is 36.3 Å². The Kier molecular flexibility index (Phi) is 5.04. The van der Waals surface area contributed by atoms with Gasteiger partial charge in [0.05, 0.1) is 13.2 Å². The van der Waals surface area contributed by atoms with Gasteiger partial charge < -0.3 is 9.47 Å². The van der Waals surface area contributed by atoms with Crippen LogP contribution in [-0.2, 0) is 22.3 Å². The molecule has 6 heteroatoms. The Morgan fingerprint density at radius 2 is 2.32 bits per heavy atom. The summed E-state index contributed by atoms with van der Waals surface area (Å²) in [5.41, 5.74) is 2.48. The molecule has 3 heterocycles. The van der Waals surface area contributed by atoms with Crippen LogP contribution in [0.15, 0.2) is 11.1 Å². The number of hydrogen-bond acceptors (Lipinski definition) is 5. The number of fused-ring (bicyclic) bond motifs is 1. The molecule has 0 amide bonds. The number of hydrogen-bond donors (Lipinski definition) is 0. The fourth-order valence-corrected chi connectivity index (χ4v) is 5.74. The fourth-order valence-electron chi connectivity index (χ4n) is 4.22. The van der Waals surface area contributed by atoms with Crippen molar-refractivity contribution in [2.75, 3.05) is 19.8 Å². The van der Waals surface area contributed by atoms with Gasteiger partial charge in [-0.1, -0.05) is 17.7 Å². The van der Waals surface area contributed by atoms with Crippen molar-refractivity contribution < 1.29 is 9.47 Å². The van der Waals surface area contributed by atoms with E-state index in [1.165, 1.54) is 10.4 Å². The molecule has 4 unspecified atom stereocenters. The van der Waals surface area contributed by atoms with Gasteiger partial charge in [0, 0.05) is 28.1 Å². The fraction of sp³-hybridized carbons (Fsp3) is 0.632. The van der Waals surface area contributed by atoms with E-state index in [0.717, 1.165) is 54.6 Å². The van der Waals surface area contributed by atoms with Gasteiger partial charge in [0.15, 0.2) is 0 Å². The SMILES string of the molecule is C=Nc1sc2c(c1C(Cl)=CC)CCC(C1OC1N1CCOCC1C)C2. The van der Waals surface area contributed by atoms with Crippen LogP contribution >= 0.6 is 22.9 Å². The molecule has 3 aliphatic rings. The molecule has 2 saturated heterocycles. The minimum absolute atomic E-state index is 0.279. The van der Waals surface area contributed by atoms with Gasteiger partial charge in [-0.3, -0.25) is 9.89 Å². The molecule has 4 rings (SSSR count). The largest absolute Gasteiger partial charge is 0.379 e. The summed E-state index contributed by atoms with van der Waals surface area (Å²) >= 11 is 8.19. The molecule has 1 aromatic heterocycles. The van der Waals surface area contributed by atoms with Gasteiger partial charge in [-0.25, -0.2) is 0 Å². The number of rotatable bonds is 4. The second-order valence-corrected chi connectivity index (χ2v) is 8.63. The highest BCUT2D eigenvalue weighted by molar-refractivity contribution is 7.16. The van der Waals surface area contributed by atoms with E-state index in [4.69, 9.17) is 21.1 Å². The maximum atomic E-state index is 6.44. The third-order valence-corrected chi connectivity index (χ3v) is 7.23. The normalized spacial score (nSPS) is 33.2. The molecule has 0 spiro atoms. The third-order valence-electron chi connectivity index (χ3n) is 5.63. The average Bonchev–Trinajstić information content (AvgIpc) is 3.34. The first-order valence-corrected chi connectivity index (χ1v) is 10.3. The number of halogens is 1. The number of ether oxygens (including phenoxy) is 2. The standard InChI is InChI=1S/C19H25ClN2O2S/c1-4-14(20)16-13-6-5-12(9-15(13)25-18(16)21-3)17-19(24-17)22-7-8-23-10-11(22)2/h4,11-12,17,19H,3,5-10H2,1-2H3. The Morgan fingerprint density at radius 3 is 3.04 bits per heavy atom. The number of allylic oxidation sites excluding steroid dienone is 1. The van der Waals surface area contributed by atoms with Crippen molar-refractivity contribution in [2.24, 2.45) is 10.9 Å². The molecule has 0 N–H and O–H groups in total. The summed E-state index contributed by atoms with van der Waals surface area (Å²) in [5, 5.41) is 1.75. The summed E-state index contributed by atoms with van der Waals surface area (Å²) in [4.78, 5) is 8.10. The lowest BCUT2D eigenvalue weighted by Gasteiger charge is -2.32. The number of epoxide rings is 1. The van der Waals surface area contributed by atoms with Gasteiger partial charge >= 0.3 is 0 Å². The summed E-state index contributed by atoms with van der Waals surface area (Å²) < 4.78 is 11.7. The van der Waals surface area contributed by atoms with Gasteiger partial charge in [-0.2, -0.15) is 0 Å². The summed E-state index contributed by atoms with van der Waals surface area (Å²) in [6, 6.07) is 0.446. The first-order chi connectivity index (χ1) is 12.1. The molecule has 2 aliphatic heterocycles. The van der Waals surface area contributed by atoms with E-state index >= 15 is 0 Å². The van der Waals surface area contributed by atoms with Gasteiger partial charge in [-0.05, 0) is 51.3 Å². The van der Waals surface area contributed by atoms with Crippen LogP contribution in [0.3, 0.4) is 0 Å². The molecule has 1 aliphatic carbocycles. The summed E-state index contributed by atoms with van der Waals surface area (Å²) in [6.45, 7) is 10.5. The van der Waals surface area contributed by atoms with Crippen LogP contribution in [0, 0.1) is 5.92 Å². The van der Waals surface area contributed by atoms with E-state index in [1.54, 1.807) is 11.3 Å². The lowest BCUT2D eigenvalue weighted by Crippen LogP contribution is -2.46. The highest BCUT2D eigenvalue weighted by Gasteiger charge is 2.50. The predicted molar refractivity (Wildman–Crippen MR) is 104 cm³/mol. The lowest BCUT2D eigenvalue weighted by molar-refractivity contribution is -0.0217. The smallest absolute Gasteiger partial charge is 0.138 e. The van der Waals surface area contributed by atoms with Crippen molar-refractivity contribution >= 4 is 39.7 Å². The van der Waals surface area contributed by atoms with Gasteiger partial charge in [0.25, 0.3) is 0 Å². The molecular weight excluding hydrogens is 356 g/mol. The van der Waals surface area contributed by atoms with E-state index in [-0.39, 0.29) is 6.23 Å². The van der Waals surface area contributed by atoms with Crippen LogP contribution in [0.5, 0.6) is 0 Å². The van der Waals surface area contributed by atoms with Crippen LogP contribution < -0.4 is 0 Å². The topological polar surface area (TPSA) is 37.4 Å². The zero-order valence-electron chi connectivity index (χ0n) is 14.8. The molecule has 2 fully saturated rings. The molecule has 0 radical (unpaired) electrons. The van der Waals surface area contributed by atoms with E-state index in [0.29, 0.717) is 18.1 Å². The molecule has 4 atom stereocenters. The molecular formula is C19H25ClN2O2S. The number of thiophene rings is 1. The Bertz CT molecular complexity index is 702. The van der Waals surface area contributed by atoms with Crippen molar-refractivity contribution in [3.63, 3.8) is 0 Å². The van der Waals surface area contributed by atoms with Crippen LogP contribution in [0.25, 0.3) is 5.03 Å². The summed E-state index contributed by atoms with van der Waals surface area (Å²) in [5.74, 6) is 0.584. The molecule has 0 saturated carbocycles. The predicted octanol–water partition coefficient (Wildman–Crippen LogP) is 4.23. The Labute approximate surface area is 158 Å². The van der Waals surface area contributed by atoms with E-state index in [1.807, 2.05) is 13.0 Å². The first kappa shape index (κ1) is 17.7. The van der Waals surface area contributed by atoms with Gasteiger partial charge in [0.2, 0.25) is 0 Å². The quantitative estimate of drug-likeness (QED) is 0.579. The second kappa shape index (κ2) is 7.12. The monoisotopic (exact) mass is 380 g/mol. The maximum absolute atomic E-state index is 6.44. The van der Waals surface area contributed by atoms with Crippen LogP contribution in [0.2, 0.25) is 0 Å². The molecule has 136 valence electrons. The molecule has 0 bridgehead atoms. The molecule has 4 nitrogen and oxygen atoms in total. The van der Waals surface area contributed by atoms with Gasteiger partial charge in [-0.15, -0.1) is 11.3 Å². The lowest BCUT2D eigenvalue weighted by atomic mass is 9.84. The van der Waals surface area contributed by atoms with E-state index in [2.05, 4.69) is 23.5 Å². The van der Waals surface area contributed by atoms with Crippen LogP contribution in [-0.4, -0.2) is 49.7 Å². The van der Waals surface area contributed by atoms with Crippen molar-refractivity contribution in [3.05, 3.63) is 22.1 Å². The first-order valence-electron chi connectivity index (χ1n) is 9.06. The Morgan fingerprint density at radius 1 is 1.48 bits per heavy atom. The van der Waals surface area contributed by atoms with Crippen LogP contribution in [0.4, 0.5) is 5.00 Å². The minimum atomic E-state index is 0.279. The van der Waals surface area contributed by atoms with Crippen molar-refractivity contribution in [1.29, 1.82) is 0 Å². The second-order valence-electron chi connectivity index (χ2n) is 7.13. The maximum Gasteiger partial charge on any atom is 0.138 e. The third kappa shape index (κ3) is 3.21. The van der Waals surface area contributed by atoms with E-state index in [9.17, 15) is 0 Å². The number of morpholine rings is 1. The van der Waals surface area contributed by atoms with Crippen molar-refractivity contribution in [2.45, 2.75) is 51.5 Å². The highest BCUT2D eigenvalue weighted by Crippen LogP contribution is 2.48. The zero-order chi connectivity index (χ0) is 17.6. The van der Waals surface area contributed by atoms with Crippen molar-refractivity contribution in [1.82, 2.24) is 4.90 Å². The molecule has 25 heavy (non-hydrogen) atoms. The molecule has 1 aromatic rings. The molecule has 0 aromatic carbocycles.